The van der Waals surface area contributed by atoms with Crippen LogP contribution in [0.15, 0.2) is 6.07 Å². The van der Waals surface area contributed by atoms with Crippen LogP contribution in [-0.2, 0) is 6.54 Å². The summed E-state index contributed by atoms with van der Waals surface area (Å²) in [6.07, 6.45) is -2.36. The highest BCUT2D eigenvalue weighted by Crippen LogP contribution is 2.22. The lowest BCUT2D eigenvalue weighted by molar-refractivity contribution is 0.156. The number of anilines is 1. The summed E-state index contributed by atoms with van der Waals surface area (Å²) in [6, 6.07) is 1.98. The molecule has 0 radical (unpaired) electrons. The van der Waals surface area contributed by atoms with Crippen LogP contribution in [0.4, 0.5) is 14.6 Å². The highest BCUT2D eigenvalue weighted by Gasteiger charge is 2.15. The Bertz CT molecular complexity index is 394. The molecule has 5 heteroatoms. The molecule has 18 heavy (non-hydrogen) atoms. The summed E-state index contributed by atoms with van der Waals surface area (Å²) in [5, 5.41) is 3.22. The Kier molecular flexibility index (Phi) is 5.47. The van der Waals surface area contributed by atoms with Gasteiger partial charge in [0, 0.05) is 24.8 Å². The molecule has 0 spiro atoms. The van der Waals surface area contributed by atoms with E-state index < -0.39 is 6.43 Å². The smallest absolute Gasteiger partial charge is 0.255 e. The van der Waals surface area contributed by atoms with Crippen molar-refractivity contribution in [1.82, 2.24) is 10.3 Å². The molecule has 1 N–H and O–H groups in total. The maximum absolute atomic E-state index is 12.5. The second-order valence-electron chi connectivity index (χ2n) is 4.43. The molecule has 0 amide bonds. The number of hydrogen-bond acceptors (Lipinski definition) is 3. The molecule has 1 aromatic heterocycles. The summed E-state index contributed by atoms with van der Waals surface area (Å²) >= 11 is 0. The van der Waals surface area contributed by atoms with Crippen molar-refractivity contribution in [3.63, 3.8) is 0 Å². The lowest BCUT2D eigenvalue weighted by Gasteiger charge is -2.23. The molecule has 0 atom stereocenters. The molecule has 0 aliphatic heterocycles. The van der Waals surface area contributed by atoms with Gasteiger partial charge in [-0.05, 0) is 32.0 Å². The van der Waals surface area contributed by atoms with Crippen molar-refractivity contribution in [2.75, 3.05) is 25.0 Å². The number of alkyl halides is 2. The van der Waals surface area contributed by atoms with Gasteiger partial charge in [-0.15, -0.1) is 0 Å². The molecule has 102 valence electrons. The van der Waals surface area contributed by atoms with Gasteiger partial charge in [0.05, 0.1) is 6.54 Å². The Morgan fingerprint density at radius 2 is 2.06 bits per heavy atom. The molecule has 1 heterocycles. The molecule has 0 saturated heterocycles. The van der Waals surface area contributed by atoms with Gasteiger partial charge in [0.2, 0.25) is 0 Å². The number of aryl methyl sites for hydroxylation is 2. The summed E-state index contributed by atoms with van der Waals surface area (Å²) in [5.74, 6) is 0.647. The highest BCUT2D eigenvalue weighted by atomic mass is 19.3. The Balaban J connectivity index is 3.05. The molecular formula is C13H21F2N3. The lowest BCUT2D eigenvalue weighted by Crippen LogP contribution is -2.28. The van der Waals surface area contributed by atoms with Gasteiger partial charge in [0.15, 0.2) is 0 Å². The number of aromatic nitrogens is 1. The lowest BCUT2D eigenvalue weighted by atomic mass is 10.1. The molecule has 3 nitrogen and oxygen atoms in total. The minimum Gasteiger partial charge on any atom is -0.354 e. The third-order valence-corrected chi connectivity index (χ3v) is 2.78. The number of rotatable bonds is 6. The maximum Gasteiger partial charge on any atom is 0.255 e. The topological polar surface area (TPSA) is 28.2 Å². The predicted octanol–water partition coefficient (Wildman–Crippen LogP) is 2.51. The van der Waals surface area contributed by atoms with Gasteiger partial charge in [-0.2, -0.15) is 0 Å². The van der Waals surface area contributed by atoms with Crippen LogP contribution in [0.3, 0.4) is 0 Å². The molecule has 0 aliphatic carbocycles. The average molecular weight is 257 g/mol. The normalized spacial score (nSPS) is 11.1. The first-order valence-corrected chi connectivity index (χ1v) is 6.12. The first-order chi connectivity index (χ1) is 8.45. The highest BCUT2D eigenvalue weighted by molar-refractivity contribution is 5.51. The molecule has 1 aromatic rings. The van der Waals surface area contributed by atoms with Crippen LogP contribution >= 0.6 is 0 Å². The number of nitrogens with one attached hydrogen (secondary N) is 1. The fraction of sp³-hybridized carbons (Fsp3) is 0.615. The average Bonchev–Trinajstić information content (AvgIpc) is 2.26. The number of halogens is 2. The van der Waals surface area contributed by atoms with Crippen LogP contribution in [-0.4, -0.2) is 31.5 Å². The van der Waals surface area contributed by atoms with Crippen LogP contribution in [0.25, 0.3) is 0 Å². The summed E-state index contributed by atoms with van der Waals surface area (Å²) in [4.78, 5) is 5.92. The van der Waals surface area contributed by atoms with Crippen LogP contribution in [0.1, 0.15) is 23.7 Å². The minimum absolute atomic E-state index is 0.297. The molecule has 0 saturated carbocycles. The molecule has 0 aromatic carbocycles. The van der Waals surface area contributed by atoms with E-state index in [1.807, 2.05) is 26.8 Å². The Labute approximate surface area is 107 Å². The van der Waals surface area contributed by atoms with Gasteiger partial charge in [0.1, 0.15) is 5.82 Å². The number of hydrogen-bond donors (Lipinski definition) is 1. The van der Waals surface area contributed by atoms with Gasteiger partial charge in [0.25, 0.3) is 6.43 Å². The van der Waals surface area contributed by atoms with Crippen LogP contribution in [0.5, 0.6) is 0 Å². The first kappa shape index (κ1) is 14.8. The zero-order valence-electron chi connectivity index (χ0n) is 11.4. The fourth-order valence-corrected chi connectivity index (χ4v) is 1.92. The van der Waals surface area contributed by atoms with E-state index in [0.717, 1.165) is 23.4 Å². The SMILES string of the molecule is CCNCc1c(C)cc(C)nc1N(C)CC(F)F. The van der Waals surface area contributed by atoms with Crippen LogP contribution in [0.2, 0.25) is 0 Å². The van der Waals surface area contributed by atoms with Gasteiger partial charge in [-0.1, -0.05) is 6.92 Å². The predicted molar refractivity (Wildman–Crippen MR) is 70.4 cm³/mol. The van der Waals surface area contributed by atoms with Crippen molar-refractivity contribution >= 4 is 5.82 Å². The van der Waals surface area contributed by atoms with Gasteiger partial charge in [-0.25, -0.2) is 13.8 Å². The van der Waals surface area contributed by atoms with E-state index in [4.69, 9.17) is 0 Å². The van der Waals surface area contributed by atoms with E-state index in [9.17, 15) is 8.78 Å². The summed E-state index contributed by atoms with van der Waals surface area (Å²) in [6.45, 7) is 7.07. The van der Waals surface area contributed by atoms with E-state index >= 15 is 0 Å². The third kappa shape index (κ3) is 3.91. The van der Waals surface area contributed by atoms with Crippen molar-refractivity contribution < 1.29 is 8.78 Å². The Morgan fingerprint density at radius 3 is 2.61 bits per heavy atom. The number of nitrogens with zero attached hydrogens (tertiary/aromatic N) is 2. The van der Waals surface area contributed by atoms with Gasteiger partial charge < -0.3 is 10.2 Å². The van der Waals surface area contributed by atoms with E-state index in [1.165, 1.54) is 4.90 Å². The Morgan fingerprint density at radius 1 is 1.39 bits per heavy atom. The van der Waals surface area contributed by atoms with E-state index in [-0.39, 0.29) is 6.54 Å². The third-order valence-electron chi connectivity index (χ3n) is 2.78. The molecule has 0 unspecified atom stereocenters. The largest absolute Gasteiger partial charge is 0.354 e. The number of pyridine rings is 1. The van der Waals surface area contributed by atoms with Gasteiger partial charge in [-0.3, -0.25) is 0 Å². The molecule has 1 rings (SSSR count). The fourth-order valence-electron chi connectivity index (χ4n) is 1.92. The zero-order valence-corrected chi connectivity index (χ0v) is 11.4. The zero-order chi connectivity index (χ0) is 13.7. The van der Waals surface area contributed by atoms with Crippen molar-refractivity contribution in [1.29, 1.82) is 0 Å². The van der Waals surface area contributed by atoms with E-state index in [2.05, 4.69) is 10.3 Å². The minimum atomic E-state index is -2.36. The van der Waals surface area contributed by atoms with Crippen molar-refractivity contribution in [2.24, 2.45) is 0 Å². The first-order valence-electron chi connectivity index (χ1n) is 6.12. The molecule has 0 bridgehead atoms. The van der Waals surface area contributed by atoms with E-state index in [0.29, 0.717) is 12.4 Å². The standard InChI is InChI=1S/C13H21F2N3/c1-5-16-7-11-9(2)6-10(3)17-13(11)18(4)8-12(14)15/h6,12,16H,5,7-8H2,1-4H3. The van der Waals surface area contributed by atoms with Crippen molar-refractivity contribution in [3.8, 4) is 0 Å². The summed E-state index contributed by atoms with van der Waals surface area (Å²) in [7, 11) is 1.66. The Hall–Kier alpha value is -1.23. The second kappa shape index (κ2) is 6.64. The maximum atomic E-state index is 12.5. The monoisotopic (exact) mass is 257 g/mol. The van der Waals surface area contributed by atoms with E-state index in [1.54, 1.807) is 7.05 Å². The second-order valence-corrected chi connectivity index (χ2v) is 4.43. The quantitative estimate of drug-likeness (QED) is 0.848. The molecule has 0 fully saturated rings. The summed E-state index contributed by atoms with van der Waals surface area (Å²) < 4.78 is 24.9. The van der Waals surface area contributed by atoms with Crippen molar-refractivity contribution in [3.05, 3.63) is 22.9 Å². The van der Waals surface area contributed by atoms with Crippen molar-refractivity contribution in [2.45, 2.75) is 33.7 Å². The summed E-state index contributed by atoms with van der Waals surface area (Å²) in [5.41, 5.74) is 2.93. The van der Waals surface area contributed by atoms with Crippen LogP contribution < -0.4 is 10.2 Å². The molecule has 0 aliphatic rings. The van der Waals surface area contributed by atoms with Gasteiger partial charge >= 0.3 is 0 Å². The van der Waals surface area contributed by atoms with Crippen LogP contribution in [0, 0.1) is 13.8 Å². The molecular weight excluding hydrogens is 236 g/mol.